The van der Waals surface area contributed by atoms with Crippen molar-refractivity contribution in [1.82, 2.24) is 9.55 Å². The molecule has 1 atom stereocenters. The molecule has 0 aliphatic heterocycles. The summed E-state index contributed by atoms with van der Waals surface area (Å²) in [5, 5.41) is 11.3. The fraction of sp³-hybridized carbons (Fsp3) is 0.174. The molecule has 0 radical (unpaired) electrons. The Labute approximate surface area is 163 Å². The maximum atomic E-state index is 11.3. The van der Waals surface area contributed by atoms with Gasteiger partial charge in [0.05, 0.1) is 25.3 Å². The van der Waals surface area contributed by atoms with Crippen LogP contribution < -0.4 is 9.47 Å². The first-order valence-electron chi connectivity index (χ1n) is 9.11. The summed E-state index contributed by atoms with van der Waals surface area (Å²) in [6.07, 6.45) is -0.957. The van der Waals surface area contributed by atoms with E-state index in [0.29, 0.717) is 29.4 Å². The van der Waals surface area contributed by atoms with Gasteiger partial charge in [0.1, 0.15) is 11.9 Å². The van der Waals surface area contributed by atoms with E-state index in [1.54, 1.807) is 14.2 Å². The van der Waals surface area contributed by atoms with E-state index in [1.807, 2.05) is 65.2 Å². The van der Waals surface area contributed by atoms with Crippen LogP contribution in [0.15, 0.2) is 72.8 Å². The van der Waals surface area contributed by atoms with Gasteiger partial charge in [0, 0.05) is 12.1 Å². The number of aliphatic hydroxyl groups excluding tert-OH is 1. The SMILES string of the molecule is COc1cccc([C@@H](O)c2nc3ccccc3n2Cc2ccccc2)c1OC. The Morgan fingerprint density at radius 3 is 2.39 bits per heavy atom. The number of aliphatic hydroxyl groups is 1. The Morgan fingerprint density at radius 2 is 1.64 bits per heavy atom. The lowest BCUT2D eigenvalue weighted by Gasteiger charge is -2.18. The van der Waals surface area contributed by atoms with E-state index in [0.717, 1.165) is 16.6 Å². The van der Waals surface area contributed by atoms with Crippen LogP contribution in [-0.4, -0.2) is 28.9 Å². The van der Waals surface area contributed by atoms with Gasteiger partial charge in [-0.05, 0) is 23.8 Å². The summed E-state index contributed by atoms with van der Waals surface area (Å²) in [5.74, 6) is 1.65. The minimum absolute atomic E-state index is 0.510. The van der Waals surface area contributed by atoms with Crippen LogP contribution >= 0.6 is 0 Å². The Bertz CT molecular complexity index is 1090. The van der Waals surface area contributed by atoms with Crippen molar-refractivity contribution in [3.63, 3.8) is 0 Å². The minimum Gasteiger partial charge on any atom is -0.493 e. The first-order chi connectivity index (χ1) is 13.7. The van der Waals surface area contributed by atoms with Crippen molar-refractivity contribution < 1.29 is 14.6 Å². The number of benzene rings is 3. The molecule has 0 spiro atoms. The molecule has 4 aromatic rings. The van der Waals surface area contributed by atoms with Gasteiger partial charge in [-0.2, -0.15) is 0 Å². The number of hydrogen-bond acceptors (Lipinski definition) is 4. The number of rotatable bonds is 6. The largest absolute Gasteiger partial charge is 0.493 e. The van der Waals surface area contributed by atoms with Crippen LogP contribution in [0.3, 0.4) is 0 Å². The van der Waals surface area contributed by atoms with Gasteiger partial charge >= 0.3 is 0 Å². The number of imidazole rings is 1. The molecule has 0 aliphatic carbocycles. The van der Waals surface area contributed by atoms with Gasteiger partial charge in [-0.25, -0.2) is 4.98 Å². The van der Waals surface area contributed by atoms with E-state index in [-0.39, 0.29) is 0 Å². The third-order valence-corrected chi connectivity index (χ3v) is 4.84. The fourth-order valence-corrected chi connectivity index (χ4v) is 3.50. The summed E-state index contributed by atoms with van der Waals surface area (Å²) >= 11 is 0. The van der Waals surface area contributed by atoms with E-state index >= 15 is 0 Å². The van der Waals surface area contributed by atoms with Crippen LogP contribution in [0.2, 0.25) is 0 Å². The Balaban J connectivity index is 1.86. The molecular weight excluding hydrogens is 352 g/mol. The predicted octanol–water partition coefficient (Wildman–Crippen LogP) is 4.18. The summed E-state index contributed by atoms with van der Waals surface area (Å²) < 4.78 is 13.0. The molecule has 3 aromatic carbocycles. The van der Waals surface area contributed by atoms with Crippen LogP contribution in [0.25, 0.3) is 11.0 Å². The molecular formula is C23H22N2O3. The van der Waals surface area contributed by atoms with Crippen molar-refractivity contribution in [2.45, 2.75) is 12.6 Å². The zero-order valence-corrected chi connectivity index (χ0v) is 15.9. The molecule has 0 unspecified atom stereocenters. The topological polar surface area (TPSA) is 56.5 Å². The van der Waals surface area contributed by atoms with Crippen LogP contribution in [0.5, 0.6) is 11.5 Å². The van der Waals surface area contributed by atoms with E-state index < -0.39 is 6.10 Å². The monoisotopic (exact) mass is 374 g/mol. The average Bonchev–Trinajstić information content (AvgIpc) is 3.11. The molecule has 142 valence electrons. The Kier molecular flexibility index (Phi) is 5.00. The van der Waals surface area contributed by atoms with Crippen molar-refractivity contribution in [1.29, 1.82) is 0 Å². The van der Waals surface area contributed by atoms with Gasteiger partial charge in [0.25, 0.3) is 0 Å². The zero-order chi connectivity index (χ0) is 19.5. The van der Waals surface area contributed by atoms with Crippen LogP contribution in [-0.2, 0) is 6.54 Å². The predicted molar refractivity (Wildman–Crippen MR) is 109 cm³/mol. The van der Waals surface area contributed by atoms with Crippen LogP contribution in [0, 0.1) is 0 Å². The van der Waals surface area contributed by atoms with Gasteiger partial charge in [0.2, 0.25) is 0 Å². The molecule has 28 heavy (non-hydrogen) atoms. The standard InChI is InChI=1S/C23H22N2O3/c1-27-20-14-8-11-17(22(20)28-2)21(26)23-24-18-12-6-7-13-19(18)25(23)15-16-9-4-3-5-10-16/h3-14,21,26H,15H2,1-2H3/t21-/m1/s1. The van der Waals surface area contributed by atoms with Crippen molar-refractivity contribution >= 4 is 11.0 Å². The second-order valence-electron chi connectivity index (χ2n) is 6.52. The minimum atomic E-state index is -0.957. The van der Waals surface area contributed by atoms with Gasteiger partial charge in [0.15, 0.2) is 11.5 Å². The molecule has 5 heteroatoms. The van der Waals surface area contributed by atoms with Crippen LogP contribution in [0.4, 0.5) is 0 Å². The smallest absolute Gasteiger partial charge is 0.166 e. The highest BCUT2D eigenvalue weighted by molar-refractivity contribution is 5.76. The van der Waals surface area contributed by atoms with Crippen molar-refractivity contribution in [2.75, 3.05) is 14.2 Å². The zero-order valence-electron chi connectivity index (χ0n) is 15.9. The highest BCUT2D eigenvalue weighted by Crippen LogP contribution is 2.37. The van der Waals surface area contributed by atoms with Gasteiger partial charge in [-0.1, -0.05) is 54.6 Å². The number of methoxy groups -OCH3 is 2. The van der Waals surface area contributed by atoms with Crippen molar-refractivity contribution in [3.8, 4) is 11.5 Å². The molecule has 0 saturated carbocycles. The molecule has 1 heterocycles. The summed E-state index contributed by atoms with van der Waals surface area (Å²) in [4.78, 5) is 4.73. The highest BCUT2D eigenvalue weighted by Gasteiger charge is 2.24. The van der Waals surface area contributed by atoms with Gasteiger partial charge in [-0.15, -0.1) is 0 Å². The summed E-state index contributed by atoms with van der Waals surface area (Å²) in [7, 11) is 3.15. The Morgan fingerprint density at radius 1 is 0.893 bits per heavy atom. The fourth-order valence-electron chi connectivity index (χ4n) is 3.50. The van der Waals surface area contributed by atoms with Crippen molar-refractivity contribution in [3.05, 3.63) is 89.7 Å². The molecule has 5 nitrogen and oxygen atoms in total. The molecule has 0 fully saturated rings. The van der Waals surface area contributed by atoms with E-state index in [9.17, 15) is 5.11 Å². The number of hydrogen-bond donors (Lipinski definition) is 1. The normalized spacial score (nSPS) is 12.1. The van der Waals surface area contributed by atoms with Gasteiger partial charge < -0.3 is 19.1 Å². The molecule has 1 N–H and O–H groups in total. The van der Waals surface area contributed by atoms with E-state index in [1.165, 1.54) is 0 Å². The summed E-state index contributed by atoms with van der Waals surface area (Å²) in [5.41, 5.74) is 3.57. The molecule has 4 rings (SSSR count). The summed E-state index contributed by atoms with van der Waals surface area (Å²) in [6.45, 7) is 0.611. The Hall–Kier alpha value is -3.31. The lowest BCUT2D eigenvalue weighted by atomic mass is 10.1. The first-order valence-corrected chi connectivity index (χ1v) is 9.11. The molecule has 0 saturated heterocycles. The number of ether oxygens (including phenoxy) is 2. The molecule has 0 amide bonds. The second kappa shape index (κ2) is 7.74. The second-order valence-corrected chi connectivity index (χ2v) is 6.52. The highest BCUT2D eigenvalue weighted by atomic mass is 16.5. The number of fused-ring (bicyclic) bond motifs is 1. The molecule has 1 aromatic heterocycles. The first kappa shape index (κ1) is 18.1. The quantitative estimate of drug-likeness (QED) is 0.550. The number of nitrogens with zero attached hydrogens (tertiary/aromatic N) is 2. The third-order valence-electron chi connectivity index (χ3n) is 4.84. The third kappa shape index (κ3) is 3.21. The summed E-state index contributed by atoms with van der Waals surface area (Å²) in [6, 6.07) is 23.5. The average molecular weight is 374 g/mol. The van der Waals surface area contributed by atoms with Crippen LogP contribution in [0.1, 0.15) is 23.1 Å². The van der Waals surface area contributed by atoms with Crippen molar-refractivity contribution in [2.24, 2.45) is 0 Å². The van der Waals surface area contributed by atoms with E-state index in [2.05, 4.69) is 12.1 Å². The lowest BCUT2D eigenvalue weighted by molar-refractivity contribution is 0.199. The molecule has 0 bridgehead atoms. The molecule has 0 aliphatic rings. The number of aromatic nitrogens is 2. The van der Waals surface area contributed by atoms with Gasteiger partial charge in [-0.3, -0.25) is 0 Å². The maximum Gasteiger partial charge on any atom is 0.166 e. The van der Waals surface area contributed by atoms with E-state index in [4.69, 9.17) is 14.5 Å². The number of para-hydroxylation sites is 3. The lowest BCUT2D eigenvalue weighted by Crippen LogP contribution is -2.12. The maximum absolute atomic E-state index is 11.3.